The van der Waals surface area contributed by atoms with Crippen LogP contribution < -0.4 is 5.32 Å². The minimum atomic E-state index is -3.40. The van der Waals surface area contributed by atoms with Crippen LogP contribution in [0.25, 0.3) is 0 Å². The van der Waals surface area contributed by atoms with Gasteiger partial charge in [0.05, 0.1) is 6.04 Å². The molecule has 1 N–H and O–H groups in total. The van der Waals surface area contributed by atoms with E-state index in [-0.39, 0.29) is 23.8 Å². The number of nitrogens with one attached hydrogen (secondary N) is 1. The van der Waals surface area contributed by atoms with E-state index in [1.54, 1.807) is 0 Å². The number of nitrogens with zero attached hydrogens (tertiary/aromatic N) is 2. The number of hydrogen-bond acceptors (Lipinski definition) is 3. The minimum absolute atomic E-state index is 0.0237. The first kappa shape index (κ1) is 21.9. The molecule has 0 aliphatic carbocycles. The summed E-state index contributed by atoms with van der Waals surface area (Å²) in [6, 6.07) is 6.28. The van der Waals surface area contributed by atoms with Crippen molar-refractivity contribution in [2.45, 2.75) is 46.6 Å². The van der Waals surface area contributed by atoms with Crippen molar-refractivity contribution in [3.63, 3.8) is 0 Å². The zero-order valence-electron chi connectivity index (χ0n) is 17.3. The van der Waals surface area contributed by atoms with Gasteiger partial charge in [0, 0.05) is 33.1 Å². The van der Waals surface area contributed by atoms with Crippen LogP contribution in [0.3, 0.4) is 0 Å². The van der Waals surface area contributed by atoms with Crippen molar-refractivity contribution in [3.8, 4) is 0 Å². The van der Waals surface area contributed by atoms with Crippen molar-refractivity contribution >= 4 is 16.1 Å². The van der Waals surface area contributed by atoms with Gasteiger partial charge >= 0.3 is 0 Å². The van der Waals surface area contributed by atoms with E-state index in [9.17, 15) is 13.2 Å². The number of carbonyl (C=O) groups is 1. The van der Waals surface area contributed by atoms with Crippen LogP contribution in [0.5, 0.6) is 0 Å². The van der Waals surface area contributed by atoms with E-state index in [2.05, 4.69) is 51.2 Å². The van der Waals surface area contributed by atoms with Gasteiger partial charge in [-0.2, -0.15) is 17.0 Å². The maximum atomic E-state index is 12.9. The number of hydrogen-bond donors (Lipinski definition) is 1. The molecule has 1 aliphatic heterocycles. The quantitative estimate of drug-likeness (QED) is 0.805. The van der Waals surface area contributed by atoms with E-state index in [1.165, 1.54) is 33.8 Å². The van der Waals surface area contributed by atoms with Crippen LogP contribution in [0.2, 0.25) is 0 Å². The fourth-order valence-corrected chi connectivity index (χ4v) is 4.76. The Kier molecular flexibility index (Phi) is 7.05. The summed E-state index contributed by atoms with van der Waals surface area (Å²) < 4.78 is 27.1. The molecule has 1 aliphatic rings. The average molecular weight is 396 g/mol. The van der Waals surface area contributed by atoms with Crippen LogP contribution in [0.1, 0.15) is 49.4 Å². The molecular weight excluding hydrogens is 362 g/mol. The summed E-state index contributed by atoms with van der Waals surface area (Å²) in [5.74, 6) is 0.144. The van der Waals surface area contributed by atoms with Gasteiger partial charge in [-0.05, 0) is 43.7 Å². The standard InChI is InChI=1S/C20H33N3O3S/c1-14(2)19(18-8-7-15(3)13-16(18)4)21-20(24)17-9-11-23(12-10-17)27(25,26)22(5)6/h7-8,13-14,17,19H,9-12H2,1-6H3,(H,21,24)/t19-/m0/s1. The Morgan fingerprint density at radius 3 is 2.26 bits per heavy atom. The molecule has 0 spiro atoms. The summed E-state index contributed by atoms with van der Waals surface area (Å²) in [5, 5.41) is 3.22. The molecule has 0 bridgehead atoms. The van der Waals surface area contributed by atoms with Crippen LogP contribution in [-0.4, -0.2) is 50.1 Å². The van der Waals surface area contributed by atoms with Crippen molar-refractivity contribution < 1.29 is 13.2 Å². The van der Waals surface area contributed by atoms with Crippen molar-refractivity contribution in [3.05, 3.63) is 34.9 Å². The first-order valence-corrected chi connectivity index (χ1v) is 11.0. The highest BCUT2D eigenvalue weighted by molar-refractivity contribution is 7.86. The van der Waals surface area contributed by atoms with Gasteiger partial charge in [-0.1, -0.05) is 37.6 Å². The third-order valence-corrected chi connectivity index (χ3v) is 7.28. The number of benzene rings is 1. The Hall–Kier alpha value is -1.44. The summed E-state index contributed by atoms with van der Waals surface area (Å²) in [7, 11) is -0.337. The number of carbonyl (C=O) groups excluding carboxylic acids is 1. The Balaban J connectivity index is 2.05. The Labute approximate surface area is 164 Å². The van der Waals surface area contributed by atoms with E-state index in [4.69, 9.17) is 0 Å². The molecule has 27 heavy (non-hydrogen) atoms. The van der Waals surface area contributed by atoms with Crippen LogP contribution in [0, 0.1) is 25.7 Å². The molecule has 1 aromatic rings. The lowest BCUT2D eigenvalue weighted by atomic mass is 9.90. The third kappa shape index (κ3) is 5.09. The van der Waals surface area contributed by atoms with E-state index in [0.717, 1.165) is 5.56 Å². The topological polar surface area (TPSA) is 69.7 Å². The molecule has 6 nitrogen and oxygen atoms in total. The molecule has 0 aromatic heterocycles. The van der Waals surface area contributed by atoms with Gasteiger partial charge in [-0.15, -0.1) is 0 Å². The zero-order valence-corrected chi connectivity index (χ0v) is 18.1. The molecule has 152 valence electrons. The average Bonchev–Trinajstić information content (AvgIpc) is 2.59. The summed E-state index contributed by atoms with van der Waals surface area (Å²) in [4.78, 5) is 12.9. The fourth-order valence-electron chi connectivity index (χ4n) is 3.63. The molecule has 0 unspecified atom stereocenters. The first-order valence-electron chi connectivity index (χ1n) is 9.59. The molecule has 1 heterocycles. The Morgan fingerprint density at radius 2 is 1.78 bits per heavy atom. The predicted octanol–water partition coefficient (Wildman–Crippen LogP) is 2.64. The summed E-state index contributed by atoms with van der Waals surface area (Å²) in [5.41, 5.74) is 3.54. The normalized spacial score (nSPS) is 18.1. The SMILES string of the molecule is Cc1ccc([C@@H](NC(=O)C2CCN(S(=O)(=O)N(C)C)CC2)C(C)C)c(C)c1. The third-order valence-electron chi connectivity index (χ3n) is 5.34. The lowest BCUT2D eigenvalue weighted by molar-refractivity contribution is -0.127. The van der Waals surface area contributed by atoms with Gasteiger partial charge < -0.3 is 5.32 Å². The molecule has 1 amide bonds. The molecule has 0 saturated carbocycles. The van der Waals surface area contributed by atoms with Gasteiger partial charge in [-0.25, -0.2) is 0 Å². The van der Waals surface area contributed by atoms with Crippen molar-refractivity contribution in [1.82, 2.24) is 13.9 Å². The Bertz CT molecular complexity index is 767. The lowest BCUT2D eigenvalue weighted by Gasteiger charge is -2.33. The molecule has 1 fully saturated rings. The Morgan fingerprint density at radius 1 is 1.19 bits per heavy atom. The van der Waals surface area contributed by atoms with Gasteiger partial charge in [0.1, 0.15) is 0 Å². The molecule has 0 radical (unpaired) electrons. The van der Waals surface area contributed by atoms with E-state index in [1.807, 2.05) is 0 Å². The molecule has 2 rings (SSSR count). The summed E-state index contributed by atoms with van der Waals surface area (Å²) in [6.45, 7) is 9.12. The molecular formula is C20H33N3O3S. The molecule has 1 atom stereocenters. The van der Waals surface area contributed by atoms with Crippen molar-refractivity contribution in [2.75, 3.05) is 27.2 Å². The highest BCUT2D eigenvalue weighted by Crippen LogP contribution is 2.27. The van der Waals surface area contributed by atoms with Crippen LogP contribution in [0.15, 0.2) is 18.2 Å². The highest BCUT2D eigenvalue weighted by atomic mass is 32.2. The van der Waals surface area contributed by atoms with Crippen LogP contribution in [-0.2, 0) is 15.0 Å². The fraction of sp³-hybridized carbons (Fsp3) is 0.650. The van der Waals surface area contributed by atoms with Crippen LogP contribution >= 0.6 is 0 Å². The number of piperidine rings is 1. The predicted molar refractivity (Wildman–Crippen MR) is 109 cm³/mol. The van der Waals surface area contributed by atoms with Gasteiger partial charge in [0.15, 0.2) is 0 Å². The maximum Gasteiger partial charge on any atom is 0.281 e. The van der Waals surface area contributed by atoms with Gasteiger partial charge in [-0.3, -0.25) is 4.79 Å². The smallest absolute Gasteiger partial charge is 0.281 e. The second-order valence-electron chi connectivity index (χ2n) is 8.05. The number of aryl methyl sites for hydroxylation is 2. The maximum absolute atomic E-state index is 12.9. The lowest BCUT2D eigenvalue weighted by Crippen LogP contribution is -2.47. The highest BCUT2D eigenvalue weighted by Gasteiger charge is 2.33. The van der Waals surface area contributed by atoms with E-state index in [0.29, 0.717) is 25.9 Å². The van der Waals surface area contributed by atoms with E-state index >= 15 is 0 Å². The molecule has 1 aromatic carbocycles. The summed E-state index contributed by atoms with van der Waals surface area (Å²) >= 11 is 0. The van der Waals surface area contributed by atoms with E-state index < -0.39 is 10.2 Å². The number of amides is 1. The first-order chi connectivity index (χ1) is 12.5. The minimum Gasteiger partial charge on any atom is -0.349 e. The molecule has 7 heteroatoms. The second-order valence-corrected chi connectivity index (χ2v) is 10.2. The second kappa shape index (κ2) is 8.71. The zero-order chi connectivity index (χ0) is 20.4. The monoisotopic (exact) mass is 395 g/mol. The molecule has 1 saturated heterocycles. The van der Waals surface area contributed by atoms with Gasteiger partial charge in [0.2, 0.25) is 5.91 Å². The van der Waals surface area contributed by atoms with Crippen molar-refractivity contribution in [2.24, 2.45) is 11.8 Å². The summed E-state index contributed by atoms with van der Waals surface area (Å²) in [6.07, 6.45) is 1.10. The van der Waals surface area contributed by atoms with Gasteiger partial charge in [0.25, 0.3) is 10.2 Å². The van der Waals surface area contributed by atoms with Crippen LogP contribution in [0.4, 0.5) is 0 Å². The largest absolute Gasteiger partial charge is 0.349 e. The van der Waals surface area contributed by atoms with Crippen molar-refractivity contribution in [1.29, 1.82) is 0 Å². The number of rotatable bonds is 6.